The minimum atomic E-state index is -4.80. The van der Waals surface area contributed by atoms with Crippen LogP contribution in [0.2, 0.25) is 0 Å². The molecule has 8 amide bonds. The summed E-state index contributed by atoms with van der Waals surface area (Å²) in [5.41, 5.74) is -0.325. The fourth-order valence-electron chi connectivity index (χ4n) is 8.43. The van der Waals surface area contributed by atoms with Crippen LogP contribution in [0.3, 0.4) is 0 Å². The molecule has 2 saturated heterocycles. The van der Waals surface area contributed by atoms with Gasteiger partial charge in [-0.15, -0.1) is 5.10 Å². The van der Waals surface area contributed by atoms with E-state index in [2.05, 4.69) is 36.3 Å². The van der Waals surface area contributed by atoms with Crippen LogP contribution in [0.25, 0.3) is 17.1 Å². The molecule has 2 aromatic carbocycles. The van der Waals surface area contributed by atoms with Crippen LogP contribution in [-0.4, -0.2) is 143 Å². The van der Waals surface area contributed by atoms with Crippen LogP contribution >= 0.6 is 0 Å². The maximum atomic E-state index is 13.7. The third kappa shape index (κ3) is 12.8. The number of nitrogens with zero attached hydrogens (tertiary/aromatic N) is 7. The summed E-state index contributed by atoms with van der Waals surface area (Å²) in [5, 5.41) is 15.5. The van der Waals surface area contributed by atoms with Crippen LogP contribution < -0.4 is 31.1 Å². The number of nitrogens with one attached hydrogen (secondary N) is 4. The molecule has 5 aromatic rings. The zero-order valence-corrected chi connectivity index (χ0v) is 42.4. The maximum absolute atomic E-state index is 13.7. The number of carbonyl (C=O) groups is 8. The minimum Gasteiger partial charge on any atom is -0.444 e. The third-order valence-electron chi connectivity index (χ3n) is 12.3. The SMILES string of the molecule is CC(C)(C)OC(=O)N(CC(F)(F)F)c1cc(-c2nc(C(=O)Nc3cn(-c4ccc(C(=O)NCCOCCOCCNc5cccc6c5C(=O)N(C5CCC(=O)NC5=O)C6=O)cc4)nc3N3CCC(C)(C)C3=O)co2)ccn1. The van der Waals surface area contributed by atoms with Gasteiger partial charge in [-0.2, -0.15) is 13.2 Å². The molecular formula is C51H54F3N11O12. The lowest BCUT2D eigenvalue weighted by molar-refractivity contribution is -0.136. The van der Waals surface area contributed by atoms with E-state index in [1.807, 2.05) is 0 Å². The number of pyridine rings is 1. The molecule has 1 unspecified atom stereocenters. The second kappa shape index (κ2) is 22.4. The molecule has 8 rings (SSSR count). The van der Waals surface area contributed by atoms with Crippen LogP contribution in [0.5, 0.6) is 0 Å². The highest BCUT2D eigenvalue weighted by atomic mass is 19.4. The monoisotopic (exact) mass is 1070 g/mol. The summed E-state index contributed by atoms with van der Waals surface area (Å²) in [6.45, 7) is 8.03. The number of piperidine rings is 1. The van der Waals surface area contributed by atoms with E-state index in [1.54, 1.807) is 50.2 Å². The van der Waals surface area contributed by atoms with Crippen LogP contribution in [-0.2, 0) is 28.6 Å². The van der Waals surface area contributed by atoms with Crippen molar-refractivity contribution >= 4 is 70.5 Å². The number of halogens is 3. The normalized spacial score (nSPS) is 16.4. The Bertz CT molecular complexity index is 3110. The Kier molecular flexibility index (Phi) is 15.9. The number of anilines is 4. The van der Waals surface area contributed by atoms with Gasteiger partial charge in [0.15, 0.2) is 11.5 Å². The van der Waals surface area contributed by atoms with E-state index in [0.29, 0.717) is 34.8 Å². The zero-order valence-electron chi connectivity index (χ0n) is 42.4. The highest BCUT2D eigenvalue weighted by Gasteiger charge is 2.46. The lowest BCUT2D eigenvalue weighted by atomic mass is 9.92. The molecule has 77 heavy (non-hydrogen) atoms. The Balaban J connectivity index is 0.822. The number of aromatic nitrogens is 4. The number of rotatable bonds is 19. The summed E-state index contributed by atoms with van der Waals surface area (Å²) in [4.78, 5) is 114. The van der Waals surface area contributed by atoms with E-state index in [-0.39, 0.29) is 104 Å². The van der Waals surface area contributed by atoms with Crippen molar-refractivity contribution in [3.8, 4) is 17.1 Å². The van der Waals surface area contributed by atoms with Crippen LogP contribution in [0, 0.1) is 5.41 Å². The topological polar surface area (TPSA) is 279 Å². The zero-order chi connectivity index (χ0) is 55.4. The number of amides is 8. The van der Waals surface area contributed by atoms with Crippen molar-refractivity contribution in [3.63, 3.8) is 0 Å². The van der Waals surface area contributed by atoms with E-state index in [1.165, 1.54) is 48.7 Å². The van der Waals surface area contributed by atoms with Gasteiger partial charge in [0.05, 0.1) is 49.4 Å². The molecule has 6 heterocycles. The third-order valence-corrected chi connectivity index (χ3v) is 12.3. The molecule has 0 bridgehead atoms. The van der Waals surface area contributed by atoms with Crippen molar-refractivity contribution in [3.05, 3.63) is 95.6 Å². The van der Waals surface area contributed by atoms with Gasteiger partial charge in [0.1, 0.15) is 36.0 Å². The first-order chi connectivity index (χ1) is 36.5. The highest BCUT2D eigenvalue weighted by Crippen LogP contribution is 2.38. The molecular weight excluding hydrogens is 1020 g/mol. The van der Waals surface area contributed by atoms with Gasteiger partial charge in [-0.1, -0.05) is 19.9 Å². The number of hydrogen-bond donors (Lipinski definition) is 4. The Morgan fingerprint density at radius 1 is 0.909 bits per heavy atom. The Hall–Kier alpha value is -8.52. The number of imide groups is 2. The summed E-state index contributed by atoms with van der Waals surface area (Å²) in [7, 11) is 0. The van der Waals surface area contributed by atoms with Crippen LogP contribution in [0.4, 0.5) is 41.0 Å². The lowest BCUT2D eigenvalue weighted by Crippen LogP contribution is -2.54. The molecule has 3 aliphatic rings. The van der Waals surface area contributed by atoms with E-state index < -0.39 is 71.2 Å². The second-order valence-electron chi connectivity index (χ2n) is 19.6. The molecule has 4 N–H and O–H groups in total. The molecule has 0 saturated carbocycles. The van der Waals surface area contributed by atoms with Crippen molar-refractivity contribution < 1.29 is 70.2 Å². The van der Waals surface area contributed by atoms with Gasteiger partial charge in [0.2, 0.25) is 23.6 Å². The van der Waals surface area contributed by atoms with Crippen molar-refractivity contribution in [2.45, 2.75) is 71.7 Å². The average molecular weight is 1070 g/mol. The Labute approximate surface area is 437 Å². The van der Waals surface area contributed by atoms with Gasteiger partial charge in [-0.25, -0.2) is 19.4 Å². The predicted molar refractivity (Wildman–Crippen MR) is 267 cm³/mol. The molecule has 1 atom stereocenters. The molecule has 3 aromatic heterocycles. The highest BCUT2D eigenvalue weighted by molar-refractivity contribution is 6.25. The largest absolute Gasteiger partial charge is 0.444 e. The first-order valence-corrected chi connectivity index (χ1v) is 24.3. The van der Waals surface area contributed by atoms with Crippen molar-refractivity contribution in [1.29, 1.82) is 0 Å². The molecule has 23 nitrogen and oxygen atoms in total. The minimum absolute atomic E-state index is 0.0166. The number of hydrogen-bond acceptors (Lipinski definition) is 16. The van der Waals surface area contributed by atoms with Gasteiger partial charge in [-0.3, -0.25) is 53.6 Å². The Morgan fingerprint density at radius 3 is 2.31 bits per heavy atom. The standard InChI is InChI=1S/C51H54F3N11O12/c1-49(2,3)77-48(73)63(28-51(52,53)54)37-25-30(15-17-56-37)44-59-35(27-76-44)42(68)58-34-26-64(61-40(34)62-20-16-50(4,5)47(62)72)31-11-9-29(10-12-31)41(67)57-19-22-75-24-23-74-21-18-55-33-8-6-7-32-39(33)46(71)65(45(32)70)36-13-14-38(66)60-43(36)69/h6-12,15,17,25-27,36,55H,13-14,16,18-24,28H2,1-5H3,(H,57,67)(H,58,68)(H,60,66,69). The number of fused-ring (bicyclic) bond motifs is 1. The Morgan fingerprint density at radius 2 is 1.64 bits per heavy atom. The van der Waals surface area contributed by atoms with Crippen molar-refractivity contribution in [1.82, 2.24) is 35.3 Å². The summed E-state index contributed by atoms with van der Waals surface area (Å²) in [6, 6.07) is 12.6. The lowest BCUT2D eigenvalue weighted by Gasteiger charge is -2.27. The molecule has 406 valence electrons. The maximum Gasteiger partial charge on any atom is 0.416 e. The van der Waals surface area contributed by atoms with E-state index >= 15 is 0 Å². The number of benzene rings is 2. The molecule has 0 aliphatic carbocycles. The quantitative estimate of drug-likeness (QED) is 0.0585. The van der Waals surface area contributed by atoms with Crippen LogP contribution in [0.15, 0.2) is 77.7 Å². The molecule has 2 fully saturated rings. The number of ether oxygens (including phenoxy) is 3. The summed E-state index contributed by atoms with van der Waals surface area (Å²) >= 11 is 0. The number of alkyl halides is 3. The van der Waals surface area contributed by atoms with Gasteiger partial charge >= 0.3 is 12.3 Å². The van der Waals surface area contributed by atoms with Crippen molar-refractivity contribution in [2.75, 3.05) is 73.0 Å². The van der Waals surface area contributed by atoms with Crippen LogP contribution in [0.1, 0.15) is 95.4 Å². The van der Waals surface area contributed by atoms with Gasteiger partial charge in [-0.05, 0) is 82.1 Å². The van der Waals surface area contributed by atoms with E-state index in [9.17, 15) is 51.5 Å². The number of carbonyl (C=O) groups excluding carboxylic acids is 8. The van der Waals surface area contributed by atoms with E-state index in [0.717, 1.165) is 23.4 Å². The fraction of sp³-hybridized carbons (Fsp3) is 0.392. The van der Waals surface area contributed by atoms with E-state index in [4.69, 9.17) is 18.6 Å². The fourth-order valence-corrected chi connectivity index (χ4v) is 8.43. The molecule has 26 heteroatoms. The average Bonchev–Trinajstić information content (AvgIpc) is 4.32. The summed E-state index contributed by atoms with van der Waals surface area (Å²) < 4.78 is 64.1. The molecule has 0 spiro atoms. The summed E-state index contributed by atoms with van der Waals surface area (Å²) in [6.07, 6.45) is -1.84. The van der Waals surface area contributed by atoms with Gasteiger partial charge in [0.25, 0.3) is 23.6 Å². The molecule has 0 radical (unpaired) electrons. The van der Waals surface area contributed by atoms with Crippen molar-refractivity contribution in [2.24, 2.45) is 5.41 Å². The van der Waals surface area contributed by atoms with Gasteiger partial charge < -0.3 is 34.6 Å². The predicted octanol–water partition coefficient (Wildman–Crippen LogP) is 5.52. The number of oxazole rings is 1. The summed E-state index contributed by atoms with van der Waals surface area (Å²) in [5.74, 6) is -4.21. The molecule has 3 aliphatic heterocycles. The first kappa shape index (κ1) is 54.7. The second-order valence-corrected chi connectivity index (χ2v) is 19.6. The first-order valence-electron chi connectivity index (χ1n) is 24.3. The van der Waals surface area contributed by atoms with Gasteiger partial charge in [0, 0.05) is 54.5 Å². The smallest absolute Gasteiger partial charge is 0.416 e.